The summed E-state index contributed by atoms with van der Waals surface area (Å²) in [6, 6.07) is 30.0. The van der Waals surface area contributed by atoms with Crippen molar-refractivity contribution in [1.29, 1.82) is 0 Å². The van der Waals surface area contributed by atoms with E-state index in [1.54, 1.807) is 0 Å². The Labute approximate surface area is 246 Å². The second-order valence-electron chi connectivity index (χ2n) is 13.9. The minimum absolute atomic E-state index is 0.0814. The van der Waals surface area contributed by atoms with Crippen LogP contribution in [-0.4, -0.2) is 18.3 Å². The van der Waals surface area contributed by atoms with Crippen LogP contribution in [0.25, 0.3) is 33.4 Å². The van der Waals surface area contributed by atoms with E-state index in [1.165, 1.54) is 55.6 Å². The molecule has 0 N–H and O–H groups in total. The highest BCUT2D eigenvalue weighted by Gasteiger charge is 2.52. The predicted octanol–water partition coefficient (Wildman–Crippen LogP) is 9.05. The van der Waals surface area contributed by atoms with Gasteiger partial charge in [-0.1, -0.05) is 94.4 Å². The molecule has 1 heterocycles. The summed E-state index contributed by atoms with van der Waals surface area (Å²) in [6.07, 6.45) is 2.21. The van der Waals surface area contributed by atoms with Crippen LogP contribution in [0.2, 0.25) is 0 Å². The van der Waals surface area contributed by atoms with Crippen LogP contribution in [0.3, 0.4) is 0 Å². The van der Waals surface area contributed by atoms with Gasteiger partial charge in [-0.2, -0.15) is 0 Å². The standard InChI is InChI=1S/C38H41BO2/c1-9-38(10-2)31-14-12-11-13-27(31)30-19-16-25(22-34(30)38)24-15-18-28-29-20-17-26(23-33(29)35(3,4)32(28)21-24)39-40-36(5,6)37(7,8)41-39/h11-23H,9-10H2,1-8H3. The SMILES string of the molecule is CCC1(CC)c2ccccc2-c2ccc(-c3ccc4c(c3)C(C)(C)c3cc(B5OC(C)(C)C(C)(C)O5)ccc3-4)cc21. The lowest BCUT2D eigenvalue weighted by molar-refractivity contribution is 0.00578. The third-order valence-electron chi connectivity index (χ3n) is 11.0. The Balaban J connectivity index is 1.28. The molecule has 2 nitrogen and oxygen atoms in total. The fourth-order valence-corrected chi connectivity index (χ4v) is 7.71. The van der Waals surface area contributed by atoms with Crippen molar-refractivity contribution in [1.82, 2.24) is 0 Å². The number of hydrogen-bond acceptors (Lipinski definition) is 2. The van der Waals surface area contributed by atoms with Crippen molar-refractivity contribution in [2.75, 3.05) is 0 Å². The molecule has 0 bridgehead atoms. The Kier molecular flexibility index (Phi) is 5.67. The molecule has 0 saturated carbocycles. The van der Waals surface area contributed by atoms with Crippen molar-refractivity contribution in [2.24, 2.45) is 0 Å². The summed E-state index contributed by atoms with van der Waals surface area (Å²) in [4.78, 5) is 0. The van der Waals surface area contributed by atoms with Gasteiger partial charge in [0.1, 0.15) is 0 Å². The molecule has 3 heteroatoms. The van der Waals surface area contributed by atoms with Crippen LogP contribution < -0.4 is 5.46 Å². The van der Waals surface area contributed by atoms with E-state index in [9.17, 15) is 0 Å². The Morgan fingerprint density at radius 2 is 1.02 bits per heavy atom. The average Bonchev–Trinajstić information content (AvgIpc) is 3.47. The molecule has 1 fully saturated rings. The van der Waals surface area contributed by atoms with Crippen LogP contribution in [0.15, 0.2) is 78.9 Å². The van der Waals surface area contributed by atoms with Gasteiger partial charge in [-0.05, 0) is 114 Å². The lowest BCUT2D eigenvalue weighted by Gasteiger charge is -2.32. The lowest BCUT2D eigenvalue weighted by atomic mass is 9.73. The number of hydrogen-bond donors (Lipinski definition) is 0. The third-order valence-corrected chi connectivity index (χ3v) is 11.0. The molecule has 0 aromatic heterocycles. The number of fused-ring (bicyclic) bond motifs is 6. The topological polar surface area (TPSA) is 18.5 Å². The van der Waals surface area contributed by atoms with Gasteiger partial charge in [0.15, 0.2) is 0 Å². The molecule has 0 atom stereocenters. The normalized spacial score (nSPS) is 20.0. The van der Waals surface area contributed by atoms with Gasteiger partial charge in [0.25, 0.3) is 0 Å². The van der Waals surface area contributed by atoms with Gasteiger partial charge in [-0.15, -0.1) is 0 Å². The average molecular weight is 541 g/mol. The summed E-state index contributed by atoms with van der Waals surface area (Å²) in [5.41, 5.74) is 14.1. The summed E-state index contributed by atoms with van der Waals surface area (Å²) in [7, 11) is -0.353. The maximum Gasteiger partial charge on any atom is 0.494 e. The van der Waals surface area contributed by atoms with E-state index in [0.29, 0.717) is 0 Å². The largest absolute Gasteiger partial charge is 0.494 e. The molecule has 0 spiro atoms. The first-order valence-electron chi connectivity index (χ1n) is 15.3. The van der Waals surface area contributed by atoms with Crippen molar-refractivity contribution in [3.8, 4) is 33.4 Å². The minimum atomic E-state index is -0.353. The Morgan fingerprint density at radius 3 is 1.63 bits per heavy atom. The van der Waals surface area contributed by atoms with E-state index in [2.05, 4.69) is 134 Å². The zero-order valence-electron chi connectivity index (χ0n) is 25.8. The van der Waals surface area contributed by atoms with Gasteiger partial charge in [0.2, 0.25) is 0 Å². The third kappa shape index (κ3) is 3.58. The van der Waals surface area contributed by atoms with Gasteiger partial charge in [-0.3, -0.25) is 0 Å². The van der Waals surface area contributed by atoms with E-state index in [4.69, 9.17) is 9.31 Å². The highest BCUT2D eigenvalue weighted by atomic mass is 16.7. The van der Waals surface area contributed by atoms with Gasteiger partial charge in [-0.25, -0.2) is 0 Å². The monoisotopic (exact) mass is 540 g/mol. The molecule has 208 valence electrons. The van der Waals surface area contributed by atoms with E-state index < -0.39 is 0 Å². The predicted molar refractivity (Wildman–Crippen MR) is 172 cm³/mol. The Morgan fingerprint density at radius 1 is 0.537 bits per heavy atom. The second-order valence-corrected chi connectivity index (χ2v) is 13.9. The molecule has 2 aliphatic carbocycles. The van der Waals surface area contributed by atoms with Crippen molar-refractivity contribution < 1.29 is 9.31 Å². The summed E-state index contributed by atoms with van der Waals surface area (Å²) in [6.45, 7) is 17.9. The maximum atomic E-state index is 6.40. The van der Waals surface area contributed by atoms with Crippen molar-refractivity contribution in [3.63, 3.8) is 0 Å². The van der Waals surface area contributed by atoms with Crippen LogP contribution in [-0.2, 0) is 20.1 Å². The van der Waals surface area contributed by atoms with E-state index >= 15 is 0 Å². The number of rotatable bonds is 4. The smallest absolute Gasteiger partial charge is 0.399 e. The van der Waals surface area contributed by atoms with E-state index in [-0.39, 0.29) is 29.2 Å². The Hall–Kier alpha value is -3.14. The van der Waals surface area contributed by atoms with Crippen molar-refractivity contribution in [2.45, 2.75) is 90.3 Å². The molecule has 4 aromatic rings. The van der Waals surface area contributed by atoms with Crippen molar-refractivity contribution >= 4 is 12.6 Å². The lowest BCUT2D eigenvalue weighted by Crippen LogP contribution is -2.41. The summed E-state index contributed by atoms with van der Waals surface area (Å²) < 4.78 is 12.8. The van der Waals surface area contributed by atoms with Gasteiger partial charge >= 0.3 is 7.12 Å². The molecular formula is C38H41BO2. The zero-order chi connectivity index (χ0) is 28.9. The van der Waals surface area contributed by atoms with Crippen molar-refractivity contribution in [3.05, 3.63) is 101 Å². The molecular weight excluding hydrogens is 499 g/mol. The number of benzene rings is 4. The van der Waals surface area contributed by atoms with Gasteiger partial charge in [0, 0.05) is 10.8 Å². The summed E-state index contributed by atoms with van der Waals surface area (Å²) >= 11 is 0. The van der Waals surface area contributed by atoms with Gasteiger partial charge < -0.3 is 9.31 Å². The van der Waals surface area contributed by atoms with Crippen LogP contribution in [0.4, 0.5) is 0 Å². The maximum absolute atomic E-state index is 6.40. The van der Waals surface area contributed by atoms with E-state index in [0.717, 1.165) is 18.3 Å². The molecule has 4 aromatic carbocycles. The summed E-state index contributed by atoms with van der Waals surface area (Å²) in [5.74, 6) is 0. The molecule has 0 radical (unpaired) electrons. The molecule has 41 heavy (non-hydrogen) atoms. The van der Waals surface area contributed by atoms with Crippen LogP contribution in [0, 0.1) is 0 Å². The van der Waals surface area contributed by atoms with Crippen LogP contribution in [0.5, 0.6) is 0 Å². The quantitative estimate of drug-likeness (QED) is 0.241. The molecule has 1 saturated heterocycles. The highest BCUT2D eigenvalue weighted by molar-refractivity contribution is 6.62. The Bertz CT molecular complexity index is 1690. The molecule has 0 unspecified atom stereocenters. The second kappa shape index (κ2) is 8.69. The molecule has 7 rings (SSSR count). The molecule has 0 amide bonds. The fourth-order valence-electron chi connectivity index (χ4n) is 7.71. The van der Waals surface area contributed by atoms with E-state index in [1.807, 2.05) is 0 Å². The first-order chi connectivity index (χ1) is 19.4. The highest BCUT2D eigenvalue weighted by Crippen LogP contribution is 2.54. The summed E-state index contributed by atoms with van der Waals surface area (Å²) in [5, 5.41) is 0. The fraction of sp³-hybridized carbons (Fsp3) is 0.368. The van der Waals surface area contributed by atoms with Crippen LogP contribution in [0.1, 0.15) is 90.5 Å². The first-order valence-corrected chi connectivity index (χ1v) is 15.3. The first kappa shape index (κ1) is 26.7. The molecule has 1 aliphatic heterocycles. The molecule has 3 aliphatic rings. The van der Waals surface area contributed by atoms with Crippen LogP contribution >= 0.6 is 0 Å². The zero-order valence-corrected chi connectivity index (χ0v) is 25.8. The minimum Gasteiger partial charge on any atom is -0.399 e. The van der Waals surface area contributed by atoms with Gasteiger partial charge in [0.05, 0.1) is 11.2 Å².